The van der Waals surface area contributed by atoms with E-state index in [1.54, 1.807) is 21.0 Å². The lowest BCUT2D eigenvalue weighted by atomic mass is 9.72. The summed E-state index contributed by atoms with van der Waals surface area (Å²) >= 11 is 0. The van der Waals surface area contributed by atoms with E-state index in [1.807, 2.05) is 12.2 Å². The molecule has 35 heavy (non-hydrogen) atoms. The van der Waals surface area contributed by atoms with Crippen molar-refractivity contribution in [3.8, 4) is 0 Å². The Hall–Kier alpha value is -0.990. The Labute approximate surface area is 211 Å². The molecule has 2 fully saturated rings. The standard InChI is InChI=1S/C28H50O7/c1-27(2,26(33)34)12-6-8-18-14-22(29)16-20(24(18)31)10-11-21-17-23(30)15-19(25(21)32)9-7-13-28(3,4)35-5/h10-11,18-25,29-32H,6-9,12-17H2,1-5H3,(H,33,34)/b11-10-. The summed E-state index contributed by atoms with van der Waals surface area (Å²) in [6.45, 7) is 7.52. The molecule has 0 amide bonds. The largest absolute Gasteiger partial charge is 0.481 e. The third kappa shape index (κ3) is 9.12. The van der Waals surface area contributed by atoms with E-state index in [4.69, 9.17) is 4.74 Å². The first-order chi connectivity index (χ1) is 16.3. The molecule has 0 heterocycles. The summed E-state index contributed by atoms with van der Waals surface area (Å²) in [5, 5.41) is 52.2. The monoisotopic (exact) mass is 498 g/mol. The van der Waals surface area contributed by atoms with Crippen molar-refractivity contribution in [2.75, 3.05) is 7.11 Å². The second-order valence-corrected chi connectivity index (χ2v) is 12.4. The highest BCUT2D eigenvalue weighted by Crippen LogP contribution is 2.38. The summed E-state index contributed by atoms with van der Waals surface area (Å²) in [5.74, 6) is -1.29. The van der Waals surface area contributed by atoms with Gasteiger partial charge in [-0.2, -0.15) is 0 Å². The van der Waals surface area contributed by atoms with Crippen molar-refractivity contribution in [3.05, 3.63) is 12.2 Å². The van der Waals surface area contributed by atoms with Gasteiger partial charge in [-0.3, -0.25) is 4.79 Å². The number of carbonyl (C=O) groups is 1. The van der Waals surface area contributed by atoms with E-state index in [0.29, 0.717) is 44.9 Å². The van der Waals surface area contributed by atoms with Gasteiger partial charge in [-0.25, -0.2) is 0 Å². The Morgan fingerprint density at radius 2 is 1.23 bits per heavy atom. The van der Waals surface area contributed by atoms with E-state index in [2.05, 4.69) is 13.8 Å². The van der Waals surface area contributed by atoms with Crippen molar-refractivity contribution in [3.63, 3.8) is 0 Å². The van der Waals surface area contributed by atoms with Gasteiger partial charge in [0.15, 0.2) is 0 Å². The van der Waals surface area contributed by atoms with Crippen LogP contribution in [-0.2, 0) is 9.53 Å². The second kappa shape index (κ2) is 13.0. The highest BCUT2D eigenvalue weighted by Gasteiger charge is 2.38. The predicted molar refractivity (Wildman–Crippen MR) is 136 cm³/mol. The van der Waals surface area contributed by atoms with Crippen LogP contribution in [-0.4, -0.2) is 68.6 Å². The van der Waals surface area contributed by atoms with Crippen LogP contribution in [0.5, 0.6) is 0 Å². The van der Waals surface area contributed by atoms with Crippen molar-refractivity contribution in [2.24, 2.45) is 29.1 Å². The van der Waals surface area contributed by atoms with Crippen LogP contribution >= 0.6 is 0 Å². The molecule has 0 spiro atoms. The van der Waals surface area contributed by atoms with Crippen molar-refractivity contribution >= 4 is 5.97 Å². The Morgan fingerprint density at radius 3 is 1.63 bits per heavy atom. The fourth-order valence-corrected chi connectivity index (χ4v) is 5.83. The third-order valence-electron chi connectivity index (χ3n) is 8.55. The number of aliphatic carboxylic acids is 1. The average molecular weight is 499 g/mol. The Balaban J connectivity index is 1.95. The van der Waals surface area contributed by atoms with Crippen LogP contribution in [0.3, 0.4) is 0 Å². The quantitative estimate of drug-likeness (QED) is 0.258. The summed E-state index contributed by atoms with van der Waals surface area (Å²) in [5.41, 5.74) is -0.999. The fourth-order valence-electron chi connectivity index (χ4n) is 5.83. The molecule has 0 aromatic rings. The summed E-state index contributed by atoms with van der Waals surface area (Å²) in [7, 11) is 1.71. The molecule has 0 aromatic carbocycles. The molecule has 2 saturated carbocycles. The summed E-state index contributed by atoms with van der Waals surface area (Å²) in [6.07, 6.45) is 8.34. The first kappa shape index (κ1) is 30.2. The molecule has 7 heteroatoms. The number of carboxylic acids is 1. The number of rotatable bonds is 12. The molecule has 0 aromatic heterocycles. The van der Waals surface area contributed by atoms with Gasteiger partial charge in [0.25, 0.3) is 0 Å². The topological polar surface area (TPSA) is 127 Å². The van der Waals surface area contributed by atoms with E-state index >= 15 is 0 Å². The third-order valence-corrected chi connectivity index (χ3v) is 8.55. The van der Waals surface area contributed by atoms with E-state index in [9.17, 15) is 30.3 Å². The summed E-state index contributed by atoms with van der Waals surface area (Å²) in [6, 6.07) is 0. The van der Waals surface area contributed by atoms with Gasteiger partial charge in [-0.15, -0.1) is 0 Å². The lowest BCUT2D eigenvalue weighted by molar-refractivity contribution is -0.147. The van der Waals surface area contributed by atoms with Crippen molar-refractivity contribution in [1.82, 2.24) is 0 Å². The molecule has 2 rings (SSSR count). The van der Waals surface area contributed by atoms with E-state index in [1.165, 1.54) is 0 Å². The van der Waals surface area contributed by atoms with Gasteiger partial charge in [0.05, 0.1) is 35.4 Å². The molecule has 204 valence electrons. The number of methoxy groups -OCH3 is 1. The maximum atomic E-state index is 11.4. The first-order valence-electron chi connectivity index (χ1n) is 13.4. The maximum absolute atomic E-state index is 11.4. The number of ether oxygens (including phenoxy) is 1. The molecule has 0 saturated heterocycles. The predicted octanol–water partition coefficient (Wildman–Crippen LogP) is 3.92. The van der Waals surface area contributed by atoms with Gasteiger partial charge < -0.3 is 30.3 Å². The normalized spacial score (nSPS) is 34.9. The molecular weight excluding hydrogens is 448 g/mol. The number of aliphatic hydroxyl groups excluding tert-OH is 4. The number of carboxylic acid groups (broad SMARTS) is 1. The molecule has 0 aliphatic heterocycles. The van der Waals surface area contributed by atoms with Crippen LogP contribution in [0.1, 0.15) is 91.9 Å². The average Bonchev–Trinajstić information content (AvgIpc) is 2.77. The first-order valence-corrected chi connectivity index (χ1v) is 13.4. The SMILES string of the molecule is COC(C)(C)CCCC1CC(O)CC(/C=C\C2CC(O)CC(CCCC(C)(C)C(=O)O)C2O)C1O. The highest BCUT2D eigenvalue weighted by molar-refractivity contribution is 5.73. The van der Waals surface area contributed by atoms with Gasteiger partial charge in [-0.05, 0) is 90.9 Å². The molecule has 8 atom stereocenters. The van der Waals surface area contributed by atoms with Gasteiger partial charge in [0.1, 0.15) is 0 Å². The molecule has 8 unspecified atom stereocenters. The van der Waals surface area contributed by atoms with E-state index in [0.717, 1.165) is 19.3 Å². The second-order valence-electron chi connectivity index (χ2n) is 12.4. The van der Waals surface area contributed by atoms with Crippen LogP contribution in [0.4, 0.5) is 0 Å². The molecule has 7 nitrogen and oxygen atoms in total. The minimum atomic E-state index is -0.823. The van der Waals surface area contributed by atoms with Gasteiger partial charge in [-0.1, -0.05) is 25.0 Å². The Morgan fingerprint density at radius 1 is 0.800 bits per heavy atom. The highest BCUT2D eigenvalue weighted by atomic mass is 16.5. The minimum absolute atomic E-state index is 0.0215. The number of aliphatic hydroxyl groups is 4. The van der Waals surface area contributed by atoms with Gasteiger partial charge in [0.2, 0.25) is 0 Å². The zero-order valence-corrected chi connectivity index (χ0v) is 22.4. The molecule has 2 aliphatic rings. The van der Waals surface area contributed by atoms with Crippen LogP contribution in [0.25, 0.3) is 0 Å². The molecule has 0 radical (unpaired) electrons. The Kier molecular flexibility index (Phi) is 11.2. The van der Waals surface area contributed by atoms with Crippen molar-refractivity contribution in [1.29, 1.82) is 0 Å². The zero-order chi connectivity index (χ0) is 26.4. The summed E-state index contributed by atoms with van der Waals surface area (Å²) < 4.78 is 5.49. The minimum Gasteiger partial charge on any atom is -0.481 e. The fraction of sp³-hybridized carbons (Fsp3) is 0.893. The Bertz CT molecular complexity index is 689. The van der Waals surface area contributed by atoms with E-state index in [-0.39, 0.29) is 29.3 Å². The number of hydrogen-bond donors (Lipinski definition) is 5. The van der Waals surface area contributed by atoms with Crippen molar-refractivity contribution in [2.45, 2.75) is 122 Å². The van der Waals surface area contributed by atoms with Gasteiger partial charge in [0, 0.05) is 18.9 Å². The van der Waals surface area contributed by atoms with Gasteiger partial charge >= 0.3 is 5.97 Å². The van der Waals surface area contributed by atoms with Crippen LogP contribution in [0, 0.1) is 29.1 Å². The van der Waals surface area contributed by atoms with Crippen LogP contribution < -0.4 is 0 Å². The molecule has 2 aliphatic carbocycles. The smallest absolute Gasteiger partial charge is 0.309 e. The van der Waals surface area contributed by atoms with E-state index < -0.39 is 35.8 Å². The molecule has 5 N–H and O–H groups in total. The zero-order valence-electron chi connectivity index (χ0n) is 22.4. The summed E-state index contributed by atoms with van der Waals surface area (Å²) in [4.78, 5) is 11.4. The van der Waals surface area contributed by atoms with Crippen LogP contribution in [0.15, 0.2) is 12.2 Å². The van der Waals surface area contributed by atoms with Crippen LogP contribution in [0.2, 0.25) is 0 Å². The molecular formula is C28H50O7. The number of hydrogen-bond acceptors (Lipinski definition) is 6. The maximum Gasteiger partial charge on any atom is 0.309 e. The lowest BCUT2D eigenvalue weighted by Gasteiger charge is -2.38. The lowest BCUT2D eigenvalue weighted by Crippen LogP contribution is -2.40. The van der Waals surface area contributed by atoms with Crippen molar-refractivity contribution < 1.29 is 35.1 Å². The molecule has 0 bridgehead atoms.